The minimum atomic E-state index is -0.195. The molecule has 0 bridgehead atoms. The molecule has 1 heterocycles. The van der Waals surface area contributed by atoms with Crippen LogP contribution in [0.3, 0.4) is 0 Å². The van der Waals surface area contributed by atoms with E-state index in [0.29, 0.717) is 14.8 Å². The van der Waals surface area contributed by atoms with Crippen LogP contribution in [0.5, 0.6) is 5.75 Å². The van der Waals surface area contributed by atoms with Gasteiger partial charge in [0.1, 0.15) is 0 Å². The molecule has 1 aliphatic rings. The Bertz CT molecular complexity index is 873. The Morgan fingerprint density at radius 3 is 2.46 bits per heavy atom. The molecule has 0 aliphatic carbocycles. The number of hydrogen-bond donors (Lipinski definition) is 1. The molecule has 3 rings (SSSR count). The van der Waals surface area contributed by atoms with Crippen LogP contribution in [-0.4, -0.2) is 15.3 Å². The molecule has 1 amide bonds. The van der Waals surface area contributed by atoms with Crippen molar-refractivity contribution in [2.45, 2.75) is 6.92 Å². The predicted molar refractivity (Wildman–Crippen MR) is 105 cm³/mol. The lowest BCUT2D eigenvalue weighted by atomic mass is 10.1. The van der Waals surface area contributed by atoms with Crippen molar-refractivity contribution in [3.8, 4) is 5.75 Å². The zero-order valence-corrected chi connectivity index (χ0v) is 15.6. The molecule has 0 atom stereocenters. The highest BCUT2D eigenvalue weighted by Crippen LogP contribution is 2.39. The number of para-hydroxylation sites is 1. The Kier molecular flexibility index (Phi) is 4.88. The van der Waals surface area contributed by atoms with Gasteiger partial charge in [0.2, 0.25) is 0 Å². The van der Waals surface area contributed by atoms with Crippen molar-refractivity contribution in [1.82, 2.24) is 0 Å². The first-order chi connectivity index (χ1) is 11.4. The molecule has 1 fully saturated rings. The highest BCUT2D eigenvalue weighted by molar-refractivity contribution is 8.27. The van der Waals surface area contributed by atoms with E-state index in [1.807, 2.05) is 31.2 Å². The van der Waals surface area contributed by atoms with E-state index in [1.165, 1.54) is 16.7 Å². The molecule has 1 N–H and O–H groups in total. The smallest absolute Gasteiger partial charge is 0.270 e. The van der Waals surface area contributed by atoms with Crippen molar-refractivity contribution < 1.29 is 9.90 Å². The Balaban J connectivity index is 1.99. The second-order valence-corrected chi connectivity index (χ2v) is 7.63. The summed E-state index contributed by atoms with van der Waals surface area (Å²) in [6.07, 6.45) is 1.66. The second kappa shape index (κ2) is 6.76. The number of amides is 1. The summed E-state index contributed by atoms with van der Waals surface area (Å²) < 4.78 is 0.469. The highest BCUT2D eigenvalue weighted by atomic mass is 35.5. The second-order valence-electron chi connectivity index (χ2n) is 5.14. The largest absolute Gasteiger partial charge is 0.505 e. The third-order valence-electron chi connectivity index (χ3n) is 3.49. The fourth-order valence-electron chi connectivity index (χ4n) is 2.31. The maximum Gasteiger partial charge on any atom is 0.270 e. The van der Waals surface area contributed by atoms with Crippen LogP contribution in [0.2, 0.25) is 10.0 Å². The van der Waals surface area contributed by atoms with Crippen molar-refractivity contribution in [2.75, 3.05) is 4.90 Å². The van der Waals surface area contributed by atoms with Crippen LogP contribution in [0, 0.1) is 6.92 Å². The van der Waals surface area contributed by atoms with Crippen LogP contribution in [-0.2, 0) is 4.79 Å². The summed E-state index contributed by atoms with van der Waals surface area (Å²) in [5.41, 5.74) is 2.35. The maximum absolute atomic E-state index is 12.7. The van der Waals surface area contributed by atoms with Gasteiger partial charge in [-0.3, -0.25) is 9.69 Å². The SMILES string of the molecule is Cc1ccccc1N1C(=O)/C(=C\c2cc(Cl)c(O)c(Cl)c2)SC1=S. The molecular weight excluding hydrogens is 385 g/mol. The van der Waals surface area contributed by atoms with Gasteiger partial charge in [0.25, 0.3) is 5.91 Å². The normalized spacial score (nSPS) is 16.3. The first-order valence-electron chi connectivity index (χ1n) is 6.90. The van der Waals surface area contributed by atoms with Gasteiger partial charge in [-0.05, 0) is 42.3 Å². The van der Waals surface area contributed by atoms with Gasteiger partial charge in [0.15, 0.2) is 10.1 Å². The summed E-state index contributed by atoms with van der Waals surface area (Å²) in [5, 5.41) is 9.88. The van der Waals surface area contributed by atoms with Crippen molar-refractivity contribution in [3.05, 3.63) is 62.5 Å². The minimum Gasteiger partial charge on any atom is -0.505 e. The van der Waals surface area contributed by atoms with Crippen molar-refractivity contribution in [2.24, 2.45) is 0 Å². The minimum absolute atomic E-state index is 0.128. The molecule has 2 aromatic carbocycles. The van der Waals surface area contributed by atoms with Crippen molar-refractivity contribution in [3.63, 3.8) is 0 Å². The van der Waals surface area contributed by atoms with Gasteiger partial charge in [-0.15, -0.1) is 0 Å². The van der Waals surface area contributed by atoms with E-state index in [2.05, 4.69) is 0 Å². The van der Waals surface area contributed by atoms with Gasteiger partial charge in [0, 0.05) is 0 Å². The molecule has 1 saturated heterocycles. The lowest BCUT2D eigenvalue weighted by Gasteiger charge is -2.16. The number of nitrogens with zero attached hydrogens (tertiary/aromatic N) is 1. The third-order valence-corrected chi connectivity index (χ3v) is 5.37. The first-order valence-corrected chi connectivity index (χ1v) is 8.88. The van der Waals surface area contributed by atoms with E-state index < -0.39 is 0 Å². The summed E-state index contributed by atoms with van der Waals surface area (Å²) in [4.78, 5) is 14.7. The Morgan fingerprint density at radius 1 is 1.21 bits per heavy atom. The van der Waals surface area contributed by atoms with Gasteiger partial charge >= 0.3 is 0 Å². The van der Waals surface area contributed by atoms with Crippen LogP contribution in [0.25, 0.3) is 6.08 Å². The number of phenolic OH excluding ortho intramolecular Hbond substituents is 1. The number of thioether (sulfide) groups is 1. The highest BCUT2D eigenvalue weighted by Gasteiger charge is 2.33. The molecule has 0 radical (unpaired) electrons. The third kappa shape index (κ3) is 3.17. The molecule has 0 aromatic heterocycles. The van der Waals surface area contributed by atoms with E-state index in [0.717, 1.165) is 11.3 Å². The number of carbonyl (C=O) groups is 1. The fourth-order valence-corrected chi connectivity index (χ4v) is 4.10. The number of halogens is 2. The van der Waals surface area contributed by atoms with E-state index in [1.54, 1.807) is 18.2 Å². The average molecular weight is 396 g/mol. The summed E-state index contributed by atoms with van der Waals surface area (Å²) in [5.74, 6) is -0.373. The number of carbonyl (C=O) groups excluding carboxylic acids is 1. The first kappa shape index (κ1) is 17.3. The van der Waals surface area contributed by atoms with Gasteiger partial charge in [-0.1, -0.05) is 65.4 Å². The summed E-state index contributed by atoms with van der Waals surface area (Å²) in [6.45, 7) is 1.93. The van der Waals surface area contributed by atoms with Gasteiger partial charge < -0.3 is 5.11 Å². The van der Waals surface area contributed by atoms with Crippen molar-refractivity contribution in [1.29, 1.82) is 0 Å². The van der Waals surface area contributed by atoms with Crippen LogP contribution < -0.4 is 4.90 Å². The topological polar surface area (TPSA) is 40.5 Å². The van der Waals surface area contributed by atoms with Crippen LogP contribution in [0.15, 0.2) is 41.3 Å². The fraction of sp³-hybridized carbons (Fsp3) is 0.0588. The molecule has 1 aliphatic heterocycles. The van der Waals surface area contributed by atoms with Gasteiger partial charge in [-0.2, -0.15) is 0 Å². The molecule has 7 heteroatoms. The predicted octanol–water partition coefficient (Wildman–Crippen LogP) is 5.41. The standard InChI is InChI=1S/C17H11Cl2NO2S2/c1-9-4-2-3-5-13(9)20-16(22)14(24-17(20)23)8-10-6-11(18)15(21)12(19)7-10/h2-8,21H,1H3/b14-8+. The molecule has 0 spiro atoms. The number of aromatic hydroxyl groups is 1. The number of rotatable bonds is 2. The molecule has 122 valence electrons. The molecule has 24 heavy (non-hydrogen) atoms. The van der Waals surface area contributed by atoms with E-state index in [4.69, 9.17) is 35.4 Å². The maximum atomic E-state index is 12.7. The van der Waals surface area contributed by atoms with E-state index >= 15 is 0 Å². The zero-order valence-electron chi connectivity index (χ0n) is 12.4. The Hall–Kier alpha value is -1.53. The number of hydrogen-bond acceptors (Lipinski definition) is 4. The van der Waals surface area contributed by atoms with Crippen LogP contribution in [0.4, 0.5) is 5.69 Å². The van der Waals surface area contributed by atoms with Gasteiger partial charge in [-0.25, -0.2) is 0 Å². The number of thiocarbonyl (C=S) groups is 1. The molecule has 2 aromatic rings. The number of benzene rings is 2. The number of anilines is 1. The molecule has 0 saturated carbocycles. The summed E-state index contributed by atoms with van der Waals surface area (Å²) in [7, 11) is 0. The van der Waals surface area contributed by atoms with Crippen LogP contribution in [0.1, 0.15) is 11.1 Å². The van der Waals surface area contributed by atoms with Gasteiger partial charge in [0.05, 0.1) is 20.6 Å². The molecule has 0 unspecified atom stereocenters. The Labute approximate surface area is 158 Å². The lowest BCUT2D eigenvalue weighted by Crippen LogP contribution is -2.28. The lowest BCUT2D eigenvalue weighted by molar-refractivity contribution is -0.113. The van der Waals surface area contributed by atoms with Crippen molar-refractivity contribution >= 4 is 69.2 Å². The Morgan fingerprint density at radius 2 is 1.83 bits per heavy atom. The van der Waals surface area contributed by atoms with Crippen LogP contribution >= 0.6 is 47.2 Å². The monoisotopic (exact) mass is 395 g/mol. The summed E-state index contributed by atoms with van der Waals surface area (Å²) >= 11 is 18.4. The molecular formula is C17H11Cl2NO2S2. The molecule has 3 nitrogen and oxygen atoms in total. The number of phenols is 1. The average Bonchev–Trinajstić information content (AvgIpc) is 2.80. The number of aryl methyl sites for hydroxylation is 1. The zero-order chi connectivity index (χ0) is 17.4. The summed E-state index contributed by atoms with van der Waals surface area (Å²) in [6, 6.07) is 10.7. The van der Waals surface area contributed by atoms with E-state index in [-0.39, 0.29) is 21.7 Å². The van der Waals surface area contributed by atoms with E-state index in [9.17, 15) is 9.90 Å². The quantitative estimate of drug-likeness (QED) is 0.544.